The van der Waals surface area contributed by atoms with E-state index >= 15 is 0 Å². The van der Waals surface area contributed by atoms with Crippen LogP contribution in [-0.4, -0.2) is 14.8 Å². The SMILES string of the molecule is CCc1ccc(Oc2cc(C)c([N+](=O)[O-])cn2)c([N+](=O)[O-])c1. The van der Waals surface area contributed by atoms with Crippen LogP contribution in [0.4, 0.5) is 11.4 Å². The third-order valence-electron chi connectivity index (χ3n) is 3.10. The first-order valence-electron chi connectivity index (χ1n) is 6.48. The van der Waals surface area contributed by atoms with Gasteiger partial charge in [0.25, 0.3) is 5.69 Å². The van der Waals surface area contributed by atoms with E-state index in [0.717, 1.165) is 11.8 Å². The van der Waals surface area contributed by atoms with Crippen molar-refractivity contribution in [2.45, 2.75) is 20.3 Å². The Kier molecular flexibility index (Phi) is 4.31. The molecule has 2 aromatic rings. The molecule has 0 saturated carbocycles. The largest absolute Gasteiger partial charge is 0.432 e. The van der Waals surface area contributed by atoms with Gasteiger partial charge in [-0.1, -0.05) is 13.0 Å². The molecule has 0 fully saturated rings. The Morgan fingerprint density at radius 1 is 1.14 bits per heavy atom. The second-order valence-electron chi connectivity index (χ2n) is 4.58. The topological polar surface area (TPSA) is 108 Å². The Hall–Kier alpha value is -3.03. The van der Waals surface area contributed by atoms with Gasteiger partial charge in [-0.25, -0.2) is 4.98 Å². The minimum Gasteiger partial charge on any atom is -0.432 e. The molecule has 0 spiro atoms. The summed E-state index contributed by atoms with van der Waals surface area (Å²) < 4.78 is 5.41. The van der Waals surface area contributed by atoms with Gasteiger partial charge in [-0.2, -0.15) is 0 Å². The molecule has 0 aliphatic carbocycles. The summed E-state index contributed by atoms with van der Waals surface area (Å²) in [4.78, 5) is 24.6. The third-order valence-corrected chi connectivity index (χ3v) is 3.10. The molecule has 0 amide bonds. The first kappa shape index (κ1) is 15.4. The first-order chi connectivity index (χ1) is 10.4. The number of nitro groups is 2. The zero-order valence-electron chi connectivity index (χ0n) is 12.0. The van der Waals surface area contributed by atoms with Crippen LogP contribution in [0.15, 0.2) is 30.5 Å². The lowest BCUT2D eigenvalue weighted by atomic mass is 10.1. The maximum absolute atomic E-state index is 11.1. The van der Waals surface area contributed by atoms with E-state index in [1.807, 2.05) is 6.92 Å². The summed E-state index contributed by atoms with van der Waals surface area (Å²) in [6.45, 7) is 3.43. The number of aromatic nitrogens is 1. The van der Waals surface area contributed by atoms with E-state index in [0.29, 0.717) is 12.0 Å². The highest BCUT2D eigenvalue weighted by molar-refractivity contribution is 5.50. The van der Waals surface area contributed by atoms with Crippen molar-refractivity contribution in [3.63, 3.8) is 0 Å². The Morgan fingerprint density at radius 2 is 1.82 bits per heavy atom. The molecule has 8 nitrogen and oxygen atoms in total. The summed E-state index contributed by atoms with van der Waals surface area (Å²) >= 11 is 0. The van der Waals surface area contributed by atoms with Crippen molar-refractivity contribution < 1.29 is 14.6 Å². The molecule has 0 bridgehead atoms. The lowest BCUT2D eigenvalue weighted by molar-refractivity contribution is -0.385. The third kappa shape index (κ3) is 3.17. The standard InChI is InChI=1S/C14H13N3O5/c1-3-10-4-5-13(11(7-10)16(18)19)22-14-6-9(2)12(8-15-14)17(20)21/h4-8H,3H2,1-2H3. The molecule has 0 unspecified atom stereocenters. The Labute approximate surface area is 125 Å². The normalized spacial score (nSPS) is 10.3. The number of nitro benzene ring substituents is 1. The number of hydrogen-bond donors (Lipinski definition) is 0. The Bertz CT molecular complexity index is 745. The summed E-state index contributed by atoms with van der Waals surface area (Å²) in [5, 5.41) is 21.8. The van der Waals surface area contributed by atoms with E-state index in [1.165, 1.54) is 18.2 Å². The first-order valence-corrected chi connectivity index (χ1v) is 6.48. The van der Waals surface area contributed by atoms with Crippen molar-refractivity contribution >= 4 is 11.4 Å². The number of pyridine rings is 1. The van der Waals surface area contributed by atoms with E-state index in [2.05, 4.69) is 4.98 Å². The van der Waals surface area contributed by atoms with Crippen LogP contribution in [0.5, 0.6) is 11.6 Å². The summed E-state index contributed by atoms with van der Waals surface area (Å²) in [5.74, 6) is 0.110. The van der Waals surface area contributed by atoms with E-state index in [9.17, 15) is 20.2 Å². The molecule has 0 atom stereocenters. The molecule has 0 aliphatic heterocycles. The quantitative estimate of drug-likeness (QED) is 0.617. The van der Waals surface area contributed by atoms with E-state index in [-0.39, 0.29) is 23.0 Å². The number of nitrogens with zero attached hydrogens (tertiary/aromatic N) is 3. The molecule has 1 aromatic heterocycles. The molecule has 2 rings (SSSR count). The fourth-order valence-corrected chi connectivity index (χ4v) is 1.89. The number of hydrogen-bond acceptors (Lipinski definition) is 6. The number of benzene rings is 1. The maximum atomic E-state index is 11.1. The van der Waals surface area contributed by atoms with Gasteiger partial charge in [0.1, 0.15) is 6.20 Å². The Morgan fingerprint density at radius 3 is 2.36 bits per heavy atom. The van der Waals surface area contributed by atoms with Gasteiger partial charge >= 0.3 is 5.69 Å². The highest BCUT2D eigenvalue weighted by Gasteiger charge is 2.18. The maximum Gasteiger partial charge on any atom is 0.311 e. The van der Waals surface area contributed by atoms with Crippen molar-refractivity contribution in [1.82, 2.24) is 4.98 Å². The van der Waals surface area contributed by atoms with Crippen LogP contribution in [-0.2, 0) is 6.42 Å². The summed E-state index contributed by atoms with van der Waals surface area (Å²) in [6.07, 6.45) is 1.73. The molecule has 0 radical (unpaired) electrons. The van der Waals surface area contributed by atoms with Gasteiger partial charge in [-0.15, -0.1) is 0 Å². The van der Waals surface area contributed by atoms with Crippen LogP contribution in [0.25, 0.3) is 0 Å². The molecule has 0 N–H and O–H groups in total. The van der Waals surface area contributed by atoms with Crippen molar-refractivity contribution in [3.05, 3.63) is 61.8 Å². The molecule has 0 aliphatic rings. The monoisotopic (exact) mass is 303 g/mol. The second kappa shape index (κ2) is 6.17. The van der Waals surface area contributed by atoms with Crippen LogP contribution < -0.4 is 4.74 Å². The minimum atomic E-state index is -0.551. The number of rotatable bonds is 5. The van der Waals surface area contributed by atoms with E-state index in [1.54, 1.807) is 13.0 Å². The fraction of sp³-hybridized carbons (Fsp3) is 0.214. The molecule has 0 saturated heterocycles. The molecule has 22 heavy (non-hydrogen) atoms. The van der Waals surface area contributed by atoms with Crippen LogP contribution >= 0.6 is 0 Å². The average molecular weight is 303 g/mol. The van der Waals surface area contributed by atoms with Crippen molar-refractivity contribution in [3.8, 4) is 11.6 Å². The van der Waals surface area contributed by atoms with Gasteiger partial charge in [0.05, 0.1) is 9.85 Å². The zero-order chi connectivity index (χ0) is 16.3. The lowest BCUT2D eigenvalue weighted by Gasteiger charge is -2.07. The summed E-state index contributed by atoms with van der Waals surface area (Å²) in [6, 6.07) is 6.03. The molecule has 8 heteroatoms. The summed E-state index contributed by atoms with van der Waals surface area (Å²) in [5.41, 5.74) is 0.870. The number of aryl methyl sites for hydroxylation is 2. The average Bonchev–Trinajstić information content (AvgIpc) is 2.47. The van der Waals surface area contributed by atoms with Gasteiger partial charge in [0.15, 0.2) is 0 Å². The van der Waals surface area contributed by atoms with E-state index in [4.69, 9.17) is 4.74 Å². The second-order valence-corrected chi connectivity index (χ2v) is 4.58. The van der Waals surface area contributed by atoms with Gasteiger partial charge in [0.2, 0.25) is 11.6 Å². The van der Waals surface area contributed by atoms with Gasteiger partial charge in [-0.3, -0.25) is 20.2 Å². The van der Waals surface area contributed by atoms with E-state index < -0.39 is 9.85 Å². The molecular weight excluding hydrogens is 290 g/mol. The van der Waals surface area contributed by atoms with Gasteiger partial charge < -0.3 is 4.74 Å². The highest BCUT2D eigenvalue weighted by Crippen LogP contribution is 2.32. The smallest absolute Gasteiger partial charge is 0.311 e. The van der Waals surface area contributed by atoms with Gasteiger partial charge in [0, 0.05) is 17.7 Å². The number of ether oxygens (including phenoxy) is 1. The molecule has 114 valence electrons. The fourth-order valence-electron chi connectivity index (χ4n) is 1.89. The molecule has 1 aromatic carbocycles. The van der Waals surface area contributed by atoms with Gasteiger partial charge in [-0.05, 0) is 25.0 Å². The highest BCUT2D eigenvalue weighted by atomic mass is 16.6. The van der Waals surface area contributed by atoms with Crippen molar-refractivity contribution in [2.24, 2.45) is 0 Å². The van der Waals surface area contributed by atoms with Crippen LogP contribution in [0.3, 0.4) is 0 Å². The minimum absolute atomic E-state index is 0.0444. The predicted molar refractivity (Wildman–Crippen MR) is 78.2 cm³/mol. The van der Waals surface area contributed by atoms with Crippen molar-refractivity contribution in [2.75, 3.05) is 0 Å². The van der Waals surface area contributed by atoms with Crippen LogP contribution in [0.1, 0.15) is 18.1 Å². The zero-order valence-corrected chi connectivity index (χ0v) is 12.0. The molecular formula is C14H13N3O5. The lowest BCUT2D eigenvalue weighted by Crippen LogP contribution is -1.98. The van der Waals surface area contributed by atoms with Crippen LogP contribution in [0.2, 0.25) is 0 Å². The predicted octanol–water partition coefficient (Wildman–Crippen LogP) is 3.56. The van der Waals surface area contributed by atoms with Crippen LogP contribution in [0, 0.1) is 27.2 Å². The van der Waals surface area contributed by atoms with Crippen molar-refractivity contribution in [1.29, 1.82) is 0 Å². The Balaban J connectivity index is 2.36. The molecule has 1 heterocycles. The summed E-state index contributed by atoms with van der Waals surface area (Å²) in [7, 11) is 0.